The van der Waals surface area contributed by atoms with Gasteiger partial charge in [0.25, 0.3) is 15.9 Å². The number of nitriles is 1. The molecular formula is C23H23ClN4O3S. The molecule has 7 nitrogen and oxygen atoms in total. The van der Waals surface area contributed by atoms with Gasteiger partial charge >= 0.3 is 0 Å². The van der Waals surface area contributed by atoms with E-state index in [4.69, 9.17) is 5.26 Å². The Morgan fingerprint density at radius 1 is 1.16 bits per heavy atom. The molecule has 0 bridgehead atoms. The number of amides is 1. The predicted octanol–water partition coefficient (Wildman–Crippen LogP) is 3.17. The highest BCUT2D eigenvalue weighted by molar-refractivity contribution is 7.90. The van der Waals surface area contributed by atoms with Crippen LogP contribution in [0, 0.1) is 17.2 Å². The number of carbonyl (C=O) groups excluding carboxylic acids is 1. The summed E-state index contributed by atoms with van der Waals surface area (Å²) >= 11 is 0. The second-order valence-corrected chi connectivity index (χ2v) is 10.1. The van der Waals surface area contributed by atoms with Gasteiger partial charge in [-0.25, -0.2) is 12.7 Å². The fourth-order valence-corrected chi connectivity index (χ4v) is 6.25. The first-order valence-corrected chi connectivity index (χ1v) is 11.8. The molecule has 166 valence electrons. The Morgan fingerprint density at radius 3 is 2.75 bits per heavy atom. The van der Waals surface area contributed by atoms with Gasteiger partial charge in [0, 0.05) is 30.2 Å². The monoisotopic (exact) mass is 470 g/mol. The van der Waals surface area contributed by atoms with Gasteiger partial charge in [0.05, 0.1) is 23.7 Å². The molecule has 2 aromatic carbocycles. The van der Waals surface area contributed by atoms with E-state index in [0.717, 1.165) is 41.1 Å². The Morgan fingerprint density at radius 2 is 1.97 bits per heavy atom. The Balaban J connectivity index is 0.00000245. The minimum Gasteiger partial charge on any atom is -0.361 e. The molecule has 0 spiro atoms. The Hall–Kier alpha value is -2.86. The van der Waals surface area contributed by atoms with E-state index < -0.39 is 15.9 Å². The largest absolute Gasteiger partial charge is 0.361 e. The number of halogens is 1. The lowest BCUT2D eigenvalue weighted by atomic mass is 9.98. The standard InChI is InChI=1S/C23H22N4O3S.ClH/c24-13-16-5-6-21-20(12-16)18(14-25-21)11-17-7-8-26(15-17)9-10-27-23(28)19-3-1-2-4-22(19)31(27,29)30;/h1-6,12,14,17,25H,7-11,15H2;1H. The Labute approximate surface area is 193 Å². The zero-order chi connectivity index (χ0) is 21.6. The van der Waals surface area contributed by atoms with Gasteiger partial charge in [-0.1, -0.05) is 12.1 Å². The zero-order valence-electron chi connectivity index (χ0n) is 17.3. The van der Waals surface area contributed by atoms with E-state index in [9.17, 15) is 13.2 Å². The number of hydrogen-bond donors (Lipinski definition) is 1. The molecule has 2 aliphatic heterocycles. The smallest absolute Gasteiger partial charge is 0.269 e. The van der Waals surface area contributed by atoms with E-state index in [1.807, 2.05) is 24.4 Å². The number of nitrogens with one attached hydrogen (secondary N) is 1. The Bertz CT molecular complexity index is 1330. The van der Waals surface area contributed by atoms with E-state index in [-0.39, 0.29) is 29.4 Å². The van der Waals surface area contributed by atoms with Crippen molar-refractivity contribution in [2.45, 2.75) is 17.7 Å². The van der Waals surface area contributed by atoms with Gasteiger partial charge in [-0.2, -0.15) is 5.26 Å². The molecule has 9 heteroatoms. The first-order chi connectivity index (χ1) is 15.0. The third-order valence-corrected chi connectivity index (χ3v) is 8.15. The summed E-state index contributed by atoms with van der Waals surface area (Å²) in [6, 6.07) is 14.3. The maximum atomic E-state index is 12.7. The summed E-state index contributed by atoms with van der Waals surface area (Å²) in [7, 11) is -3.75. The van der Waals surface area contributed by atoms with Crippen LogP contribution in [0.5, 0.6) is 0 Å². The van der Waals surface area contributed by atoms with Gasteiger partial charge in [0.15, 0.2) is 0 Å². The van der Waals surface area contributed by atoms with Crippen molar-refractivity contribution in [2.75, 3.05) is 26.2 Å². The molecule has 0 saturated carbocycles. The van der Waals surface area contributed by atoms with Gasteiger partial charge < -0.3 is 9.88 Å². The lowest BCUT2D eigenvalue weighted by Crippen LogP contribution is -2.37. The lowest BCUT2D eigenvalue weighted by Gasteiger charge is -2.20. The van der Waals surface area contributed by atoms with Crippen LogP contribution in [0.1, 0.15) is 27.9 Å². The topological polar surface area (TPSA) is 97.3 Å². The van der Waals surface area contributed by atoms with Crippen molar-refractivity contribution in [3.8, 4) is 6.07 Å². The molecule has 1 fully saturated rings. The van der Waals surface area contributed by atoms with Crippen LogP contribution >= 0.6 is 12.4 Å². The normalized spacial score (nSPS) is 19.7. The summed E-state index contributed by atoms with van der Waals surface area (Å²) in [6.07, 6.45) is 3.93. The molecule has 1 amide bonds. The van der Waals surface area contributed by atoms with Crippen LogP contribution in [-0.4, -0.2) is 54.7 Å². The number of aromatic amines is 1. The number of fused-ring (bicyclic) bond motifs is 2. The molecule has 3 heterocycles. The molecule has 1 atom stereocenters. The Kier molecular flexibility index (Phi) is 5.99. The quantitative estimate of drug-likeness (QED) is 0.617. The molecular weight excluding hydrogens is 448 g/mol. The maximum absolute atomic E-state index is 12.7. The van der Waals surface area contributed by atoms with Crippen molar-refractivity contribution in [3.63, 3.8) is 0 Å². The van der Waals surface area contributed by atoms with Crippen LogP contribution in [0.4, 0.5) is 0 Å². The highest BCUT2D eigenvalue weighted by Gasteiger charge is 2.40. The number of likely N-dealkylation sites (tertiary alicyclic amines) is 1. The highest BCUT2D eigenvalue weighted by atomic mass is 35.5. The van der Waals surface area contributed by atoms with E-state index >= 15 is 0 Å². The number of sulfonamides is 1. The molecule has 1 unspecified atom stereocenters. The van der Waals surface area contributed by atoms with Gasteiger partial charge in [-0.3, -0.25) is 4.79 Å². The molecule has 1 aromatic heterocycles. The summed E-state index contributed by atoms with van der Waals surface area (Å²) in [4.78, 5) is 18.2. The number of aromatic nitrogens is 1. The third-order valence-electron chi connectivity index (χ3n) is 6.31. The number of benzene rings is 2. The molecule has 3 aromatic rings. The molecule has 5 rings (SSSR count). The third kappa shape index (κ3) is 3.77. The maximum Gasteiger partial charge on any atom is 0.269 e. The summed E-state index contributed by atoms with van der Waals surface area (Å²) in [5, 5.41) is 10.3. The minimum atomic E-state index is -3.75. The fraction of sp³-hybridized carbons (Fsp3) is 0.304. The SMILES string of the molecule is Cl.N#Cc1ccc2[nH]cc(CC3CCN(CCN4C(=O)c5ccccc5S4(=O)=O)C3)c2c1. The van der Waals surface area contributed by atoms with Gasteiger partial charge in [-0.15, -0.1) is 12.4 Å². The van der Waals surface area contributed by atoms with E-state index in [0.29, 0.717) is 18.0 Å². The summed E-state index contributed by atoms with van der Waals surface area (Å²) < 4.78 is 26.4. The van der Waals surface area contributed by atoms with Crippen LogP contribution in [-0.2, 0) is 16.4 Å². The summed E-state index contributed by atoms with van der Waals surface area (Å²) in [5.41, 5.74) is 3.14. The van der Waals surface area contributed by atoms with Crippen molar-refractivity contribution in [1.29, 1.82) is 5.26 Å². The van der Waals surface area contributed by atoms with Gasteiger partial charge in [0.2, 0.25) is 0 Å². The van der Waals surface area contributed by atoms with Crippen molar-refractivity contribution in [1.82, 2.24) is 14.2 Å². The second kappa shape index (κ2) is 8.58. The van der Waals surface area contributed by atoms with Crippen molar-refractivity contribution in [2.24, 2.45) is 5.92 Å². The fourth-order valence-electron chi connectivity index (χ4n) is 4.69. The van der Waals surface area contributed by atoms with Crippen molar-refractivity contribution in [3.05, 3.63) is 65.4 Å². The lowest BCUT2D eigenvalue weighted by molar-refractivity contribution is 0.0862. The number of carbonyl (C=O) groups is 1. The highest BCUT2D eigenvalue weighted by Crippen LogP contribution is 2.30. The van der Waals surface area contributed by atoms with Crippen molar-refractivity contribution >= 4 is 39.2 Å². The first kappa shape index (κ1) is 22.3. The summed E-state index contributed by atoms with van der Waals surface area (Å²) in [6.45, 7) is 2.44. The van der Waals surface area contributed by atoms with Crippen LogP contribution in [0.3, 0.4) is 0 Å². The van der Waals surface area contributed by atoms with E-state index in [1.165, 1.54) is 11.6 Å². The average molecular weight is 471 g/mol. The number of nitrogens with zero attached hydrogens (tertiary/aromatic N) is 3. The molecule has 32 heavy (non-hydrogen) atoms. The summed E-state index contributed by atoms with van der Waals surface area (Å²) in [5.74, 6) is 0.0197. The number of H-pyrrole nitrogens is 1. The second-order valence-electron chi connectivity index (χ2n) is 8.22. The van der Waals surface area contributed by atoms with Crippen LogP contribution in [0.15, 0.2) is 53.6 Å². The van der Waals surface area contributed by atoms with Crippen LogP contribution < -0.4 is 0 Å². The molecule has 1 N–H and O–H groups in total. The van der Waals surface area contributed by atoms with Crippen LogP contribution in [0.25, 0.3) is 10.9 Å². The van der Waals surface area contributed by atoms with Crippen LogP contribution in [0.2, 0.25) is 0 Å². The number of hydrogen-bond acceptors (Lipinski definition) is 5. The van der Waals surface area contributed by atoms with Gasteiger partial charge in [-0.05, 0) is 61.2 Å². The van der Waals surface area contributed by atoms with E-state index in [2.05, 4.69) is 16.0 Å². The van der Waals surface area contributed by atoms with Crippen molar-refractivity contribution < 1.29 is 13.2 Å². The molecule has 2 aliphatic rings. The number of rotatable bonds is 5. The predicted molar refractivity (Wildman–Crippen MR) is 123 cm³/mol. The van der Waals surface area contributed by atoms with Gasteiger partial charge in [0.1, 0.15) is 4.90 Å². The first-order valence-electron chi connectivity index (χ1n) is 10.4. The minimum absolute atomic E-state index is 0. The molecule has 1 saturated heterocycles. The van der Waals surface area contributed by atoms with E-state index in [1.54, 1.807) is 18.2 Å². The average Bonchev–Trinajstić information content (AvgIpc) is 3.44. The molecule has 0 aliphatic carbocycles. The zero-order valence-corrected chi connectivity index (χ0v) is 19.0. The molecule has 0 radical (unpaired) electrons.